The third kappa shape index (κ3) is 4.18. The van der Waals surface area contributed by atoms with Crippen molar-refractivity contribution >= 4 is 35.2 Å². The Morgan fingerprint density at radius 2 is 1.97 bits per heavy atom. The minimum atomic E-state index is -0.582. The summed E-state index contributed by atoms with van der Waals surface area (Å²) in [7, 11) is 1.60. The summed E-state index contributed by atoms with van der Waals surface area (Å²) < 4.78 is 7.02. The summed E-state index contributed by atoms with van der Waals surface area (Å²) in [4.78, 5) is 25.1. The van der Waals surface area contributed by atoms with Crippen molar-refractivity contribution in [3.05, 3.63) is 52.4 Å². The number of halogens is 2. The molecule has 0 bridgehead atoms. The lowest BCUT2D eigenvalue weighted by Crippen LogP contribution is -2.54. The number of aromatic nitrogens is 4. The van der Waals surface area contributed by atoms with Crippen LogP contribution in [0.2, 0.25) is 10.0 Å². The number of aldehydes is 1. The van der Waals surface area contributed by atoms with Gasteiger partial charge in [0.05, 0.1) is 22.8 Å². The zero-order chi connectivity index (χ0) is 22.8. The molecule has 0 spiro atoms. The molecule has 0 radical (unpaired) electrons. The van der Waals surface area contributed by atoms with Gasteiger partial charge in [0, 0.05) is 49.8 Å². The molecule has 1 aromatic carbocycles. The van der Waals surface area contributed by atoms with Gasteiger partial charge in [-0.15, -0.1) is 0 Å². The molecule has 1 unspecified atom stereocenters. The molecule has 10 heteroatoms. The van der Waals surface area contributed by atoms with E-state index in [1.54, 1.807) is 30.3 Å². The fourth-order valence-corrected chi connectivity index (χ4v) is 4.44. The molecule has 1 fully saturated rings. The van der Waals surface area contributed by atoms with Crippen LogP contribution in [-0.2, 0) is 4.79 Å². The molecular formula is C22H24Cl2N6O2. The number of piperazine rings is 1. The average Bonchev–Trinajstić information content (AvgIpc) is 3.11. The maximum Gasteiger partial charge on any atom is 0.181 e. The van der Waals surface area contributed by atoms with Crippen molar-refractivity contribution in [2.45, 2.75) is 26.1 Å². The average molecular weight is 475 g/mol. The van der Waals surface area contributed by atoms with Crippen LogP contribution in [0.15, 0.2) is 36.7 Å². The van der Waals surface area contributed by atoms with E-state index >= 15 is 0 Å². The lowest BCUT2D eigenvalue weighted by molar-refractivity contribution is -0.117. The molecule has 0 amide bonds. The van der Waals surface area contributed by atoms with Crippen molar-refractivity contribution in [2.75, 3.05) is 31.6 Å². The molecule has 0 aliphatic carbocycles. The van der Waals surface area contributed by atoms with Crippen LogP contribution in [0.4, 0.5) is 5.69 Å². The second kappa shape index (κ2) is 9.44. The zero-order valence-corrected chi connectivity index (χ0v) is 19.6. The van der Waals surface area contributed by atoms with Gasteiger partial charge in [-0.3, -0.25) is 9.69 Å². The second-order valence-corrected chi connectivity index (χ2v) is 8.45. The first-order valence-corrected chi connectivity index (χ1v) is 11.0. The minimum absolute atomic E-state index is 0.0828. The van der Waals surface area contributed by atoms with Crippen LogP contribution in [0.3, 0.4) is 0 Å². The predicted octanol–water partition coefficient (Wildman–Crippen LogP) is 3.87. The molecule has 8 nitrogen and oxygen atoms in total. The molecule has 0 N–H and O–H groups in total. The molecule has 1 saturated heterocycles. The van der Waals surface area contributed by atoms with Crippen molar-refractivity contribution < 1.29 is 9.53 Å². The topological polar surface area (TPSA) is 76.4 Å². The summed E-state index contributed by atoms with van der Waals surface area (Å²) in [5, 5.41) is 5.64. The highest BCUT2D eigenvalue weighted by molar-refractivity contribution is 6.33. The number of nitrogens with zero attached hydrogens (tertiary/aromatic N) is 6. The lowest BCUT2D eigenvalue weighted by atomic mass is 10.1. The second-order valence-electron chi connectivity index (χ2n) is 7.67. The maximum absolute atomic E-state index is 12.2. The Balaban J connectivity index is 1.57. The van der Waals surface area contributed by atoms with E-state index in [1.165, 1.54) is 0 Å². The fraction of sp³-hybridized carbons (Fsp3) is 0.364. The van der Waals surface area contributed by atoms with E-state index in [9.17, 15) is 4.79 Å². The molecule has 1 aliphatic heterocycles. The number of methoxy groups -OCH3 is 1. The minimum Gasteiger partial charge on any atom is -0.495 e. The summed E-state index contributed by atoms with van der Waals surface area (Å²) in [6.45, 7) is 6.08. The van der Waals surface area contributed by atoms with Crippen LogP contribution in [0.1, 0.15) is 18.8 Å². The largest absolute Gasteiger partial charge is 0.495 e. The van der Waals surface area contributed by atoms with Crippen LogP contribution >= 0.6 is 23.2 Å². The molecule has 2 aromatic heterocycles. The molecule has 2 atom stereocenters. The number of hydrogen-bond acceptors (Lipinski definition) is 7. The Kier molecular flexibility index (Phi) is 6.64. The van der Waals surface area contributed by atoms with Crippen molar-refractivity contribution in [2.24, 2.45) is 0 Å². The van der Waals surface area contributed by atoms with Gasteiger partial charge >= 0.3 is 0 Å². The lowest BCUT2D eigenvalue weighted by Gasteiger charge is -2.43. The van der Waals surface area contributed by atoms with E-state index in [2.05, 4.69) is 31.8 Å². The Hall–Kier alpha value is -2.68. The summed E-state index contributed by atoms with van der Waals surface area (Å²) in [6.07, 6.45) is 3.60. The quantitative estimate of drug-likeness (QED) is 0.501. The normalized spacial score (nSPS) is 17.9. The highest BCUT2D eigenvalue weighted by Gasteiger charge is 2.33. The van der Waals surface area contributed by atoms with Crippen LogP contribution in [0.25, 0.3) is 11.5 Å². The molecule has 3 heterocycles. The smallest absolute Gasteiger partial charge is 0.181 e. The Bertz CT molecular complexity index is 1110. The Morgan fingerprint density at radius 1 is 1.22 bits per heavy atom. The van der Waals surface area contributed by atoms with Crippen molar-refractivity contribution in [1.29, 1.82) is 0 Å². The molecular weight excluding hydrogens is 451 g/mol. The van der Waals surface area contributed by atoms with E-state index in [-0.39, 0.29) is 6.04 Å². The van der Waals surface area contributed by atoms with Crippen LogP contribution in [0, 0.1) is 6.92 Å². The fourth-order valence-electron chi connectivity index (χ4n) is 4.04. The van der Waals surface area contributed by atoms with E-state index in [0.717, 1.165) is 25.1 Å². The summed E-state index contributed by atoms with van der Waals surface area (Å²) in [5.41, 5.74) is 2.20. The SMILES string of the molecule is COc1cc(N2CCN(C(C=O)n3nc(-c4ncccn4)c(Cl)c3C)[C@@H](C)C2)ccc1Cl. The first-order valence-electron chi connectivity index (χ1n) is 10.3. The van der Waals surface area contributed by atoms with Gasteiger partial charge in [-0.2, -0.15) is 5.10 Å². The van der Waals surface area contributed by atoms with Gasteiger partial charge in [0.2, 0.25) is 0 Å². The van der Waals surface area contributed by atoms with Crippen molar-refractivity contribution in [3.63, 3.8) is 0 Å². The highest BCUT2D eigenvalue weighted by atomic mass is 35.5. The number of ether oxygens (including phenoxy) is 1. The van der Waals surface area contributed by atoms with Crippen LogP contribution in [0.5, 0.6) is 5.75 Å². The van der Waals surface area contributed by atoms with E-state index in [4.69, 9.17) is 27.9 Å². The third-order valence-corrected chi connectivity index (χ3v) is 6.51. The maximum atomic E-state index is 12.2. The first-order chi connectivity index (χ1) is 15.4. The van der Waals surface area contributed by atoms with Gasteiger partial charge in [0.15, 0.2) is 18.3 Å². The summed E-state index contributed by atoms with van der Waals surface area (Å²) >= 11 is 12.7. The van der Waals surface area contributed by atoms with E-state index < -0.39 is 6.17 Å². The standard InChI is InChI=1S/C22H24Cl2N6O2/c1-14-12-28(16-5-6-17(23)18(11-16)32-3)9-10-29(14)19(13-31)30-15(2)20(24)21(27-30)22-25-7-4-8-26-22/h4-8,11,13-14,19H,9-10,12H2,1-3H3/t14-,19?/m0/s1. The van der Waals surface area contributed by atoms with Crippen molar-refractivity contribution in [3.8, 4) is 17.3 Å². The molecule has 168 valence electrons. The van der Waals surface area contributed by atoms with E-state index in [0.29, 0.717) is 39.6 Å². The zero-order valence-electron chi connectivity index (χ0n) is 18.1. The molecule has 1 aliphatic rings. The van der Waals surface area contributed by atoms with Gasteiger partial charge < -0.3 is 9.64 Å². The monoisotopic (exact) mass is 474 g/mol. The highest BCUT2D eigenvalue weighted by Crippen LogP contribution is 2.33. The summed E-state index contributed by atoms with van der Waals surface area (Å²) in [5.74, 6) is 1.07. The molecule has 4 rings (SSSR count). The van der Waals surface area contributed by atoms with Crippen LogP contribution in [-0.4, -0.2) is 63.7 Å². The Morgan fingerprint density at radius 3 is 2.62 bits per heavy atom. The van der Waals surface area contributed by atoms with Crippen LogP contribution < -0.4 is 9.64 Å². The van der Waals surface area contributed by atoms with Gasteiger partial charge in [-0.1, -0.05) is 23.2 Å². The van der Waals surface area contributed by atoms with Gasteiger partial charge in [0.25, 0.3) is 0 Å². The number of benzene rings is 1. The number of hydrogen-bond donors (Lipinski definition) is 0. The van der Waals surface area contributed by atoms with Crippen molar-refractivity contribution in [1.82, 2.24) is 24.6 Å². The van der Waals surface area contributed by atoms with Gasteiger partial charge in [-0.25, -0.2) is 14.6 Å². The number of carbonyl (C=O) groups is 1. The predicted molar refractivity (Wildman–Crippen MR) is 124 cm³/mol. The van der Waals surface area contributed by atoms with Gasteiger partial charge in [-0.05, 0) is 32.0 Å². The summed E-state index contributed by atoms with van der Waals surface area (Å²) in [6, 6.07) is 7.56. The third-order valence-electron chi connectivity index (χ3n) is 5.75. The molecule has 3 aromatic rings. The van der Waals surface area contributed by atoms with Gasteiger partial charge in [0.1, 0.15) is 11.4 Å². The Labute approximate surface area is 196 Å². The number of carbonyl (C=O) groups excluding carboxylic acids is 1. The molecule has 32 heavy (non-hydrogen) atoms. The van der Waals surface area contributed by atoms with E-state index in [1.807, 2.05) is 25.1 Å². The number of rotatable bonds is 6. The first kappa shape index (κ1) is 22.5. The number of anilines is 1. The molecule has 0 saturated carbocycles.